The molecule has 18 heavy (non-hydrogen) atoms. The Morgan fingerprint density at radius 3 is 2.39 bits per heavy atom. The highest BCUT2D eigenvalue weighted by atomic mass is 19.4. The van der Waals surface area contributed by atoms with Gasteiger partial charge in [0.2, 0.25) is 0 Å². The molecule has 0 amide bonds. The summed E-state index contributed by atoms with van der Waals surface area (Å²) in [5.41, 5.74) is 0.186. The molecule has 0 fully saturated rings. The first-order valence-electron chi connectivity index (χ1n) is 6.15. The Kier molecular flexibility index (Phi) is 5.20. The van der Waals surface area contributed by atoms with Crippen LogP contribution >= 0.6 is 0 Å². The van der Waals surface area contributed by atoms with Crippen molar-refractivity contribution in [1.29, 1.82) is 0 Å². The molecule has 0 bridgehead atoms. The summed E-state index contributed by atoms with van der Waals surface area (Å²) < 4.78 is 37.8. The largest absolute Gasteiger partial charge is 0.416 e. The summed E-state index contributed by atoms with van der Waals surface area (Å²) in [6.45, 7) is 5.00. The van der Waals surface area contributed by atoms with E-state index in [4.69, 9.17) is 0 Å². The van der Waals surface area contributed by atoms with Crippen molar-refractivity contribution in [2.45, 2.75) is 26.4 Å². The van der Waals surface area contributed by atoms with Gasteiger partial charge in [0, 0.05) is 0 Å². The van der Waals surface area contributed by atoms with Crippen LogP contribution in [0.3, 0.4) is 0 Å². The van der Waals surface area contributed by atoms with Gasteiger partial charge in [0.05, 0.1) is 5.56 Å². The van der Waals surface area contributed by atoms with Crippen LogP contribution in [0.1, 0.15) is 25.0 Å². The number of nitrogens with one attached hydrogen (secondary N) is 1. The average molecular weight is 259 g/mol. The zero-order valence-corrected chi connectivity index (χ0v) is 11.0. The molecule has 0 aromatic heterocycles. The maximum Gasteiger partial charge on any atom is 0.416 e. The van der Waals surface area contributed by atoms with Gasteiger partial charge in [0.1, 0.15) is 0 Å². The molecule has 1 aromatic carbocycles. The van der Waals surface area contributed by atoms with E-state index in [9.17, 15) is 13.2 Å². The lowest BCUT2D eigenvalue weighted by molar-refractivity contribution is -0.137. The molecule has 102 valence electrons. The van der Waals surface area contributed by atoms with E-state index in [2.05, 4.69) is 19.2 Å². The minimum Gasteiger partial charge on any atom is -0.319 e. The monoisotopic (exact) mass is 259 g/mol. The zero-order valence-electron chi connectivity index (χ0n) is 11.0. The molecule has 0 saturated carbocycles. The molecule has 4 heteroatoms. The summed E-state index contributed by atoms with van der Waals surface area (Å²) in [4.78, 5) is 0. The van der Waals surface area contributed by atoms with Crippen LogP contribution in [0.25, 0.3) is 0 Å². The van der Waals surface area contributed by atoms with Gasteiger partial charge in [-0.15, -0.1) is 0 Å². The predicted octanol–water partition coefficient (Wildman–Crippen LogP) is 3.74. The first-order chi connectivity index (χ1) is 8.34. The van der Waals surface area contributed by atoms with Crippen molar-refractivity contribution in [1.82, 2.24) is 5.32 Å². The van der Waals surface area contributed by atoms with Crippen molar-refractivity contribution in [3.63, 3.8) is 0 Å². The minimum atomic E-state index is -4.26. The second-order valence-corrected chi connectivity index (χ2v) is 4.96. The molecule has 0 saturated heterocycles. The van der Waals surface area contributed by atoms with E-state index >= 15 is 0 Å². The van der Waals surface area contributed by atoms with Gasteiger partial charge in [-0.05, 0) is 43.5 Å². The lowest BCUT2D eigenvalue weighted by atomic mass is 9.88. The summed E-state index contributed by atoms with van der Waals surface area (Å²) >= 11 is 0. The topological polar surface area (TPSA) is 12.0 Å². The minimum absolute atomic E-state index is 0.346. The third-order valence-electron chi connectivity index (χ3n) is 3.16. The molecule has 0 heterocycles. The third kappa shape index (κ3) is 4.33. The van der Waals surface area contributed by atoms with Crippen LogP contribution in [0.5, 0.6) is 0 Å². The van der Waals surface area contributed by atoms with E-state index in [-0.39, 0.29) is 0 Å². The molecule has 1 rings (SSSR count). The van der Waals surface area contributed by atoms with Gasteiger partial charge in [0.25, 0.3) is 0 Å². The highest BCUT2D eigenvalue weighted by Gasteiger charge is 2.30. The molecule has 0 aliphatic heterocycles. The molecule has 0 radical (unpaired) electrons. The highest BCUT2D eigenvalue weighted by Crippen LogP contribution is 2.30. The number of benzene rings is 1. The molecule has 1 atom stereocenters. The Morgan fingerprint density at radius 2 is 1.89 bits per heavy atom. The van der Waals surface area contributed by atoms with Gasteiger partial charge in [-0.3, -0.25) is 0 Å². The number of hydrogen-bond donors (Lipinski definition) is 1. The Bertz CT molecular complexity index is 372. The van der Waals surface area contributed by atoms with Gasteiger partial charge in [-0.25, -0.2) is 0 Å². The van der Waals surface area contributed by atoms with Crippen molar-refractivity contribution in [3.8, 4) is 0 Å². The summed E-state index contributed by atoms with van der Waals surface area (Å²) in [7, 11) is 1.86. The van der Waals surface area contributed by atoms with Gasteiger partial charge in [-0.2, -0.15) is 13.2 Å². The summed E-state index contributed by atoms with van der Waals surface area (Å²) in [6, 6.07) is 5.62. The van der Waals surface area contributed by atoms with Crippen molar-refractivity contribution in [2.24, 2.45) is 11.8 Å². The first-order valence-corrected chi connectivity index (χ1v) is 6.15. The number of hydrogen-bond acceptors (Lipinski definition) is 1. The van der Waals surface area contributed by atoms with Gasteiger partial charge >= 0.3 is 6.18 Å². The standard InChI is InChI=1S/C14H20F3N/c1-10(2)12(9-18-3)7-11-5-4-6-13(8-11)14(15,16)17/h4-6,8,10,12,18H,7,9H2,1-3H3. The fourth-order valence-electron chi connectivity index (χ4n) is 1.98. The van der Waals surface area contributed by atoms with Crippen LogP contribution in [-0.4, -0.2) is 13.6 Å². The summed E-state index contributed by atoms with van der Waals surface area (Å²) in [5, 5.41) is 3.09. The molecule has 1 unspecified atom stereocenters. The van der Waals surface area contributed by atoms with Gasteiger partial charge < -0.3 is 5.32 Å². The van der Waals surface area contributed by atoms with E-state index < -0.39 is 11.7 Å². The van der Waals surface area contributed by atoms with Gasteiger partial charge in [0.15, 0.2) is 0 Å². The normalized spacial score (nSPS) is 13.9. The second-order valence-electron chi connectivity index (χ2n) is 4.96. The second kappa shape index (κ2) is 6.23. The number of rotatable bonds is 5. The van der Waals surface area contributed by atoms with Crippen molar-refractivity contribution in [2.75, 3.05) is 13.6 Å². The molecule has 0 spiro atoms. The maximum atomic E-state index is 12.6. The van der Waals surface area contributed by atoms with E-state index in [0.717, 1.165) is 18.2 Å². The van der Waals surface area contributed by atoms with Crippen LogP contribution in [0.4, 0.5) is 13.2 Å². The Labute approximate surface area is 106 Å². The maximum absolute atomic E-state index is 12.6. The van der Waals surface area contributed by atoms with Crippen LogP contribution in [0.15, 0.2) is 24.3 Å². The van der Waals surface area contributed by atoms with E-state index in [1.165, 1.54) is 12.1 Å². The Morgan fingerprint density at radius 1 is 1.22 bits per heavy atom. The van der Waals surface area contributed by atoms with E-state index in [0.29, 0.717) is 18.3 Å². The van der Waals surface area contributed by atoms with Crippen molar-refractivity contribution < 1.29 is 13.2 Å². The van der Waals surface area contributed by atoms with Crippen LogP contribution in [-0.2, 0) is 12.6 Å². The predicted molar refractivity (Wildman–Crippen MR) is 67.4 cm³/mol. The van der Waals surface area contributed by atoms with Crippen molar-refractivity contribution in [3.05, 3.63) is 35.4 Å². The molecule has 1 nitrogen and oxygen atoms in total. The smallest absolute Gasteiger partial charge is 0.319 e. The summed E-state index contributed by atoms with van der Waals surface area (Å²) in [6.07, 6.45) is -3.59. The third-order valence-corrected chi connectivity index (χ3v) is 3.16. The lowest BCUT2D eigenvalue weighted by Crippen LogP contribution is -2.25. The molecule has 1 N–H and O–H groups in total. The number of alkyl halides is 3. The molecule has 0 aliphatic carbocycles. The molecule has 0 aliphatic rings. The quantitative estimate of drug-likeness (QED) is 0.849. The van der Waals surface area contributed by atoms with Crippen molar-refractivity contribution >= 4 is 0 Å². The van der Waals surface area contributed by atoms with Crippen LogP contribution in [0.2, 0.25) is 0 Å². The van der Waals surface area contributed by atoms with Crippen LogP contribution < -0.4 is 5.32 Å². The lowest BCUT2D eigenvalue weighted by Gasteiger charge is -2.21. The zero-order chi connectivity index (χ0) is 13.8. The fourth-order valence-corrected chi connectivity index (χ4v) is 1.98. The fraction of sp³-hybridized carbons (Fsp3) is 0.571. The Balaban J connectivity index is 2.83. The average Bonchev–Trinajstić information content (AvgIpc) is 2.27. The summed E-state index contributed by atoms with van der Waals surface area (Å²) in [5.74, 6) is 0.783. The van der Waals surface area contributed by atoms with Crippen LogP contribution in [0, 0.1) is 11.8 Å². The molecular weight excluding hydrogens is 239 g/mol. The van der Waals surface area contributed by atoms with E-state index in [1.807, 2.05) is 7.05 Å². The first kappa shape index (κ1) is 15.0. The SMILES string of the molecule is CNCC(Cc1cccc(C(F)(F)F)c1)C(C)C. The van der Waals surface area contributed by atoms with E-state index in [1.54, 1.807) is 6.07 Å². The molecule has 1 aromatic rings. The number of halogens is 3. The van der Waals surface area contributed by atoms with Gasteiger partial charge in [-0.1, -0.05) is 32.0 Å². The molecular formula is C14H20F3N. The highest BCUT2D eigenvalue weighted by molar-refractivity contribution is 5.26. The Hall–Kier alpha value is -1.03.